The molecular weight excluding hydrogens is 230 g/mol. The van der Waals surface area contributed by atoms with Crippen molar-refractivity contribution in [2.75, 3.05) is 19.6 Å². The molecule has 1 fully saturated rings. The molecule has 1 aliphatic rings. The Morgan fingerprint density at radius 1 is 1.33 bits per heavy atom. The van der Waals surface area contributed by atoms with E-state index in [1.165, 1.54) is 0 Å². The van der Waals surface area contributed by atoms with Crippen LogP contribution in [0.4, 0.5) is 0 Å². The average Bonchev–Trinajstić information content (AvgIpc) is 2.27. The van der Waals surface area contributed by atoms with Gasteiger partial charge in [0.2, 0.25) is 11.8 Å². The van der Waals surface area contributed by atoms with Crippen LogP contribution in [-0.2, 0) is 9.59 Å². The van der Waals surface area contributed by atoms with Gasteiger partial charge in [-0.2, -0.15) is 0 Å². The lowest BCUT2D eigenvalue weighted by Crippen LogP contribution is -2.44. The first kappa shape index (κ1) is 15.0. The van der Waals surface area contributed by atoms with Gasteiger partial charge in [-0.1, -0.05) is 0 Å². The van der Waals surface area contributed by atoms with Crippen LogP contribution in [0, 0.1) is 5.92 Å². The molecule has 0 saturated carbocycles. The van der Waals surface area contributed by atoms with Crippen LogP contribution in [0.5, 0.6) is 0 Å². The van der Waals surface area contributed by atoms with Crippen molar-refractivity contribution in [2.45, 2.75) is 45.6 Å². The average molecular weight is 255 g/mol. The second-order valence-electron chi connectivity index (χ2n) is 5.88. The topological polar surface area (TPSA) is 70.2 Å². The standard InChI is InChI=1S/C13H25N3O2/c1-13(2,3)16-11(17)6-8-15-12(18)10-5-4-7-14-9-10/h10,14H,4-9H2,1-3H3,(H,15,18)(H,16,17)/t10-/m1/s1. The highest BCUT2D eigenvalue weighted by molar-refractivity contribution is 5.80. The van der Waals surface area contributed by atoms with Gasteiger partial charge in [-0.3, -0.25) is 9.59 Å². The van der Waals surface area contributed by atoms with E-state index in [0.29, 0.717) is 13.0 Å². The molecule has 3 N–H and O–H groups in total. The molecule has 0 aliphatic carbocycles. The summed E-state index contributed by atoms with van der Waals surface area (Å²) in [6, 6.07) is 0. The zero-order valence-corrected chi connectivity index (χ0v) is 11.6. The summed E-state index contributed by atoms with van der Waals surface area (Å²) in [7, 11) is 0. The summed E-state index contributed by atoms with van der Waals surface area (Å²) in [6.45, 7) is 7.99. The van der Waals surface area contributed by atoms with Crippen LogP contribution in [0.3, 0.4) is 0 Å². The Morgan fingerprint density at radius 2 is 2.06 bits per heavy atom. The molecule has 18 heavy (non-hydrogen) atoms. The molecule has 5 heteroatoms. The Hall–Kier alpha value is -1.10. The molecule has 1 heterocycles. The molecule has 2 amide bonds. The van der Waals surface area contributed by atoms with Gasteiger partial charge in [-0.05, 0) is 40.2 Å². The van der Waals surface area contributed by atoms with E-state index in [-0.39, 0.29) is 23.3 Å². The zero-order chi connectivity index (χ0) is 13.6. The first-order valence-electron chi connectivity index (χ1n) is 6.68. The number of hydrogen-bond acceptors (Lipinski definition) is 3. The summed E-state index contributed by atoms with van der Waals surface area (Å²) >= 11 is 0. The fourth-order valence-electron chi connectivity index (χ4n) is 2.00. The summed E-state index contributed by atoms with van der Waals surface area (Å²) in [5.41, 5.74) is -0.214. The molecule has 0 aromatic carbocycles. The molecule has 1 saturated heterocycles. The van der Waals surface area contributed by atoms with Crippen LogP contribution >= 0.6 is 0 Å². The highest BCUT2D eigenvalue weighted by atomic mass is 16.2. The minimum atomic E-state index is -0.214. The summed E-state index contributed by atoms with van der Waals surface area (Å²) in [6.07, 6.45) is 2.32. The Kier molecular flexibility index (Phi) is 5.59. The van der Waals surface area contributed by atoms with Crippen molar-refractivity contribution in [2.24, 2.45) is 5.92 Å². The quantitative estimate of drug-likeness (QED) is 0.681. The van der Waals surface area contributed by atoms with E-state index in [1.54, 1.807) is 0 Å². The molecule has 0 unspecified atom stereocenters. The van der Waals surface area contributed by atoms with Crippen LogP contribution in [0.1, 0.15) is 40.0 Å². The lowest BCUT2D eigenvalue weighted by atomic mass is 9.99. The Morgan fingerprint density at radius 3 is 2.61 bits per heavy atom. The number of hydrogen-bond donors (Lipinski definition) is 3. The maximum Gasteiger partial charge on any atom is 0.224 e. The lowest BCUT2D eigenvalue weighted by Gasteiger charge is -2.22. The van der Waals surface area contributed by atoms with Crippen LogP contribution in [0.25, 0.3) is 0 Å². The number of nitrogens with one attached hydrogen (secondary N) is 3. The molecule has 0 aromatic rings. The molecule has 5 nitrogen and oxygen atoms in total. The van der Waals surface area contributed by atoms with Gasteiger partial charge in [-0.25, -0.2) is 0 Å². The van der Waals surface area contributed by atoms with E-state index in [0.717, 1.165) is 25.9 Å². The SMILES string of the molecule is CC(C)(C)NC(=O)CCNC(=O)[C@@H]1CCCNC1. The van der Waals surface area contributed by atoms with E-state index in [4.69, 9.17) is 0 Å². The minimum absolute atomic E-state index is 0.0235. The highest BCUT2D eigenvalue weighted by Crippen LogP contribution is 2.09. The zero-order valence-electron chi connectivity index (χ0n) is 11.6. The van der Waals surface area contributed by atoms with E-state index in [9.17, 15) is 9.59 Å². The molecule has 0 bridgehead atoms. The van der Waals surface area contributed by atoms with Crippen molar-refractivity contribution in [1.29, 1.82) is 0 Å². The fourth-order valence-corrected chi connectivity index (χ4v) is 2.00. The summed E-state index contributed by atoms with van der Waals surface area (Å²) in [4.78, 5) is 23.3. The van der Waals surface area contributed by atoms with Gasteiger partial charge < -0.3 is 16.0 Å². The van der Waals surface area contributed by atoms with Crippen LogP contribution < -0.4 is 16.0 Å². The predicted molar refractivity (Wildman–Crippen MR) is 71.1 cm³/mol. The van der Waals surface area contributed by atoms with Gasteiger partial charge >= 0.3 is 0 Å². The highest BCUT2D eigenvalue weighted by Gasteiger charge is 2.20. The summed E-state index contributed by atoms with van der Waals surface area (Å²) in [5.74, 6) is 0.0970. The Bertz CT molecular complexity index is 291. The van der Waals surface area contributed by atoms with E-state index < -0.39 is 0 Å². The van der Waals surface area contributed by atoms with Gasteiger partial charge in [0.25, 0.3) is 0 Å². The van der Waals surface area contributed by atoms with Gasteiger partial charge in [0.05, 0.1) is 5.92 Å². The number of carbonyl (C=O) groups excluding carboxylic acids is 2. The first-order chi connectivity index (χ1) is 8.38. The minimum Gasteiger partial charge on any atom is -0.355 e. The van der Waals surface area contributed by atoms with Crippen LogP contribution in [-0.4, -0.2) is 37.0 Å². The third-order valence-corrected chi connectivity index (χ3v) is 2.83. The van der Waals surface area contributed by atoms with Crippen molar-refractivity contribution in [3.63, 3.8) is 0 Å². The van der Waals surface area contributed by atoms with Crippen molar-refractivity contribution in [3.8, 4) is 0 Å². The third-order valence-electron chi connectivity index (χ3n) is 2.83. The van der Waals surface area contributed by atoms with E-state index in [2.05, 4.69) is 16.0 Å². The monoisotopic (exact) mass is 255 g/mol. The van der Waals surface area contributed by atoms with Crippen molar-refractivity contribution in [3.05, 3.63) is 0 Å². The molecular formula is C13H25N3O2. The number of carbonyl (C=O) groups is 2. The maximum atomic E-state index is 11.8. The second kappa shape index (κ2) is 6.73. The Labute approximate surface area is 109 Å². The van der Waals surface area contributed by atoms with Crippen molar-refractivity contribution < 1.29 is 9.59 Å². The number of piperidine rings is 1. The molecule has 1 aliphatic heterocycles. The van der Waals surface area contributed by atoms with Crippen molar-refractivity contribution >= 4 is 11.8 Å². The number of rotatable bonds is 4. The van der Waals surface area contributed by atoms with E-state index >= 15 is 0 Å². The summed E-state index contributed by atoms with van der Waals surface area (Å²) in [5, 5.41) is 8.90. The largest absolute Gasteiger partial charge is 0.355 e. The van der Waals surface area contributed by atoms with Gasteiger partial charge in [0.15, 0.2) is 0 Å². The van der Waals surface area contributed by atoms with Gasteiger partial charge in [-0.15, -0.1) is 0 Å². The van der Waals surface area contributed by atoms with E-state index in [1.807, 2.05) is 20.8 Å². The van der Waals surface area contributed by atoms with Gasteiger partial charge in [0, 0.05) is 25.0 Å². The number of amides is 2. The summed E-state index contributed by atoms with van der Waals surface area (Å²) < 4.78 is 0. The molecule has 1 atom stereocenters. The normalized spacial score (nSPS) is 20.3. The predicted octanol–water partition coefficient (Wildman–Crippen LogP) is 0.407. The third kappa shape index (κ3) is 6.00. The molecule has 1 rings (SSSR count). The molecule has 0 aromatic heterocycles. The second-order valence-corrected chi connectivity index (χ2v) is 5.88. The van der Waals surface area contributed by atoms with Crippen LogP contribution in [0.15, 0.2) is 0 Å². The lowest BCUT2D eigenvalue weighted by molar-refractivity contribution is -0.125. The molecule has 0 spiro atoms. The van der Waals surface area contributed by atoms with Crippen LogP contribution in [0.2, 0.25) is 0 Å². The van der Waals surface area contributed by atoms with Crippen molar-refractivity contribution in [1.82, 2.24) is 16.0 Å². The Balaban J connectivity index is 2.17. The maximum absolute atomic E-state index is 11.8. The smallest absolute Gasteiger partial charge is 0.224 e. The molecule has 104 valence electrons. The fraction of sp³-hybridized carbons (Fsp3) is 0.846. The van der Waals surface area contributed by atoms with Gasteiger partial charge in [0.1, 0.15) is 0 Å². The molecule has 0 radical (unpaired) electrons. The first-order valence-corrected chi connectivity index (χ1v) is 6.68.